The number of likely N-dealkylation sites (N-methyl/N-ethyl adjacent to an activating group) is 1. The van der Waals surface area contributed by atoms with E-state index in [2.05, 4.69) is 30.2 Å². The number of aromatic nitrogens is 5. The fraction of sp³-hybridized carbons (Fsp3) is 0.308. The minimum atomic E-state index is -0.0125. The van der Waals surface area contributed by atoms with Gasteiger partial charge in [0.1, 0.15) is 23.1 Å². The lowest BCUT2D eigenvalue weighted by Crippen LogP contribution is -2.34. The zero-order chi connectivity index (χ0) is 26.1. The SMILES string of the molecule is Cc1cc(C#N)ncc1Oc1cc(Nc2ccc(C(=O)N3CC[C@@H](N(C)C)C3)cn2)c2ncn(C)c2n1. The molecule has 1 aliphatic rings. The first-order valence-corrected chi connectivity index (χ1v) is 11.9. The Morgan fingerprint density at radius 1 is 1.22 bits per heavy atom. The molecule has 1 amide bonds. The number of carbonyl (C=O) groups is 1. The number of hydrogen-bond donors (Lipinski definition) is 1. The average molecular weight is 498 g/mol. The summed E-state index contributed by atoms with van der Waals surface area (Å²) < 4.78 is 7.81. The Morgan fingerprint density at radius 3 is 2.73 bits per heavy atom. The Hall–Kier alpha value is -4.56. The van der Waals surface area contributed by atoms with Crippen LogP contribution in [0.1, 0.15) is 28.0 Å². The van der Waals surface area contributed by atoms with Crippen molar-refractivity contribution in [2.24, 2.45) is 7.05 Å². The highest BCUT2D eigenvalue weighted by Crippen LogP contribution is 2.31. The fourth-order valence-electron chi connectivity index (χ4n) is 4.31. The highest BCUT2D eigenvalue weighted by molar-refractivity contribution is 5.94. The molecule has 37 heavy (non-hydrogen) atoms. The van der Waals surface area contributed by atoms with E-state index in [1.54, 1.807) is 41.4 Å². The quantitative estimate of drug-likeness (QED) is 0.427. The van der Waals surface area contributed by atoms with Gasteiger partial charge in [-0.15, -0.1) is 0 Å². The van der Waals surface area contributed by atoms with Gasteiger partial charge in [0, 0.05) is 38.4 Å². The van der Waals surface area contributed by atoms with Crippen molar-refractivity contribution in [2.45, 2.75) is 19.4 Å². The molecule has 0 bridgehead atoms. The lowest BCUT2D eigenvalue weighted by Gasteiger charge is -2.20. The molecule has 1 atom stereocenters. The molecule has 0 spiro atoms. The molecule has 11 nitrogen and oxygen atoms in total. The van der Waals surface area contributed by atoms with E-state index in [0.717, 1.165) is 25.1 Å². The van der Waals surface area contributed by atoms with Crippen LogP contribution in [0.3, 0.4) is 0 Å². The predicted octanol–water partition coefficient (Wildman–Crippen LogP) is 3.25. The molecule has 5 rings (SSSR count). The highest BCUT2D eigenvalue weighted by atomic mass is 16.5. The number of anilines is 2. The fourth-order valence-corrected chi connectivity index (χ4v) is 4.31. The summed E-state index contributed by atoms with van der Waals surface area (Å²) in [6.45, 7) is 3.31. The van der Waals surface area contributed by atoms with Crippen molar-refractivity contribution >= 4 is 28.6 Å². The second kappa shape index (κ2) is 9.83. The number of nitrogens with one attached hydrogen (secondary N) is 1. The van der Waals surface area contributed by atoms with Crippen LogP contribution in [0.2, 0.25) is 0 Å². The number of imidazole rings is 1. The molecule has 0 unspecified atom stereocenters. The molecule has 0 saturated carbocycles. The van der Waals surface area contributed by atoms with E-state index < -0.39 is 0 Å². The number of carbonyl (C=O) groups excluding carboxylic acids is 1. The van der Waals surface area contributed by atoms with Gasteiger partial charge in [-0.1, -0.05) is 0 Å². The summed E-state index contributed by atoms with van der Waals surface area (Å²) in [5, 5.41) is 12.3. The smallest absolute Gasteiger partial charge is 0.255 e. The van der Waals surface area contributed by atoms with Crippen molar-refractivity contribution in [2.75, 3.05) is 32.5 Å². The van der Waals surface area contributed by atoms with Crippen LogP contribution in [0, 0.1) is 18.3 Å². The number of nitrogens with zero attached hydrogens (tertiary/aromatic N) is 8. The molecule has 4 aromatic rings. The number of likely N-dealkylation sites (tertiary alicyclic amines) is 1. The first-order valence-electron chi connectivity index (χ1n) is 11.9. The van der Waals surface area contributed by atoms with Crippen molar-refractivity contribution < 1.29 is 9.53 Å². The Balaban J connectivity index is 1.37. The van der Waals surface area contributed by atoms with Crippen molar-refractivity contribution in [1.82, 2.24) is 34.3 Å². The molecule has 1 aliphatic heterocycles. The summed E-state index contributed by atoms with van der Waals surface area (Å²) in [6.07, 6.45) is 5.74. The molecule has 1 fully saturated rings. The van der Waals surface area contributed by atoms with Crippen molar-refractivity contribution in [3.05, 3.63) is 59.8 Å². The summed E-state index contributed by atoms with van der Waals surface area (Å²) in [6, 6.07) is 9.35. The number of rotatable bonds is 6. The van der Waals surface area contributed by atoms with Crippen LogP contribution < -0.4 is 10.1 Å². The van der Waals surface area contributed by atoms with Crippen molar-refractivity contribution in [3.63, 3.8) is 0 Å². The van der Waals surface area contributed by atoms with E-state index in [-0.39, 0.29) is 5.91 Å². The maximum absolute atomic E-state index is 12.9. The molecule has 0 radical (unpaired) electrons. The molecule has 188 valence electrons. The van der Waals surface area contributed by atoms with E-state index in [0.29, 0.717) is 51.6 Å². The van der Waals surface area contributed by atoms with Gasteiger partial charge in [0.15, 0.2) is 11.4 Å². The van der Waals surface area contributed by atoms with E-state index in [9.17, 15) is 4.79 Å². The second-order valence-corrected chi connectivity index (χ2v) is 9.30. The van der Waals surface area contributed by atoms with Gasteiger partial charge in [-0.05, 0) is 51.2 Å². The van der Waals surface area contributed by atoms with Crippen LogP contribution in [-0.2, 0) is 7.05 Å². The van der Waals surface area contributed by atoms with Crippen LogP contribution in [0.4, 0.5) is 11.5 Å². The van der Waals surface area contributed by atoms with Gasteiger partial charge in [-0.3, -0.25) is 4.79 Å². The Kier molecular flexibility index (Phi) is 6.42. The lowest BCUT2D eigenvalue weighted by atomic mass is 10.2. The Morgan fingerprint density at radius 2 is 2.05 bits per heavy atom. The van der Waals surface area contributed by atoms with Crippen LogP contribution in [0.15, 0.2) is 43.0 Å². The molecule has 1 saturated heterocycles. The average Bonchev–Trinajstić information content (AvgIpc) is 3.53. The minimum absolute atomic E-state index is 0.0125. The van der Waals surface area contributed by atoms with E-state index >= 15 is 0 Å². The summed E-state index contributed by atoms with van der Waals surface area (Å²) >= 11 is 0. The number of aryl methyl sites for hydroxylation is 2. The molecule has 5 heterocycles. The third kappa shape index (κ3) is 4.92. The Labute approximate surface area is 214 Å². The number of ether oxygens (including phenoxy) is 1. The number of pyridine rings is 3. The first-order chi connectivity index (χ1) is 17.8. The maximum atomic E-state index is 12.9. The van der Waals surface area contributed by atoms with E-state index in [1.807, 2.05) is 39.0 Å². The third-order valence-corrected chi connectivity index (χ3v) is 6.49. The number of nitriles is 1. The van der Waals surface area contributed by atoms with E-state index in [4.69, 9.17) is 10.00 Å². The number of hydrogen-bond acceptors (Lipinski definition) is 9. The lowest BCUT2D eigenvalue weighted by molar-refractivity contribution is 0.0782. The summed E-state index contributed by atoms with van der Waals surface area (Å²) in [5.74, 6) is 1.38. The number of fused-ring (bicyclic) bond motifs is 1. The summed E-state index contributed by atoms with van der Waals surface area (Å²) in [7, 11) is 5.93. The van der Waals surface area contributed by atoms with Crippen LogP contribution >= 0.6 is 0 Å². The van der Waals surface area contributed by atoms with Gasteiger partial charge in [0.05, 0.1) is 23.8 Å². The monoisotopic (exact) mass is 497 g/mol. The minimum Gasteiger partial charge on any atom is -0.437 e. The predicted molar refractivity (Wildman–Crippen MR) is 138 cm³/mol. The normalized spacial score (nSPS) is 15.2. The van der Waals surface area contributed by atoms with Crippen LogP contribution in [0.5, 0.6) is 11.6 Å². The number of amides is 1. The van der Waals surface area contributed by atoms with Gasteiger partial charge in [0.25, 0.3) is 5.91 Å². The zero-order valence-corrected chi connectivity index (χ0v) is 21.1. The van der Waals surface area contributed by atoms with Gasteiger partial charge >= 0.3 is 0 Å². The van der Waals surface area contributed by atoms with Crippen LogP contribution in [0.25, 0.3) is 11.2 Å². The third-order valence-electron chi connectivity index (χ3n) is 6.49. The van der Waals surface area contributed by atoms with Gasteiger partial charge in [0.2, 0.25) is 5.88 Å². The topological polar surface area (TPSA) is 125 Å². The Bertz CT molecular complexity index is 1510. The standard InChI is InChI=1S/C26H27N9O2/c1-16-9-18(11-27)28-13-21(16)37-23-10-20(24-25(32-23)34(4)15-30-24)31-22-6-5-17(12-29-22)26(36)35-8-7-19(14-35)33(2)3/h5-6,9-10,12-13,15,19H,7-8,14H2,1-4H3,(H,29,31,32)/t19-/m1/s1. The van der Waals surface area contributed by atoms with Gasteiger partial charge in [-0.2, -0.15) is 10.2 Å². The van der Waals surface area contributed by atoms with Crippen molar-refractivity contribution in [1.29, 1.82) is 5.26 Å². The summed E-state index contributed by atoms with van der Waals surface area (Å²) in [4.78, 5) is 34.6. The highest BCUT2D eigenvalue weighted by Gasteiger charge is 2.28. The maximum Gasteiger partial charge on any atom is 0.255 e. The molecule has 11 heteroatoms. The van der Waals surface area contributed by atoms with E-state index in [1.165, 1.54) is 6.20 Å². The van der Waals surface area contributed by atoms with Crippen LogP contribution in [-0.4, -0.2) is 73.4 Å². The molecular formula is C26H27N9O2. The zero-order valence-electron chi connectivity index (χ0n) is 21.1. The van der Waals surface area contributed by atoms with Gasteiger partial charge in [-0.25, -0.2) is 15.0 Å². The summed E-state index contributed by atoms with van der Waals surface area (Å²) in [5.41, 5.74) is 3.56. The van der Waals surface area contributed by atoms with Gasteiger partial charge < -0.3 is 24.4 Å². The second-order valence-electron chi connectivity index (χ2n) is 9.30. The molecule has 4 aromatic heterocycles. The molecule has 1 N–H and O–H groups in total. The molecular weight excluding hydrogens is 470 g/mol. The van der Waals surface area contributed by atoms with Crippen molar-refractivity contribution in [3.8, 4) is 17.7 Å². The molecule has 0 aliphatic carbocycles. The molecule has 0 aromatic carbocycles. The largest absolute Gasteiger partial charge is 0.437 e. The first kappa shape index (κ1) is 24.1.